The molecule has 2 aromatic rings. The maximum Gasteiger partial charge on any atom is 0.261 e. The molecule has 1 saturated carbocycles. The summed E-state index contributed by atoms with van der Waals surface area (Å²) in [5, 5.41) is 3.06. The van der Waals surface area contributed by atoms with Gasteiger partial charge in [-0.3, -0.25) is 9.59 Å². The third-order valence-corrected chi connectivity index (χ3v) is 5.56. The standard InChI is InChI=1S/C24H29FN2O4/c1-17(24(29)26-20-5-3-4-6-20)27(15-18-7-11-21(30-2)12-8-18)23(28)16-31-22-13-9-19(25)10-14-22/h7-14,17,20H,3-6,15-16H2,1-2H3,(H,26,29). The average molecular weight is 429 g/mol. The average Bonchev–Trinajstić information content (AvgIpc) is 3.30. The Morgan fingerprint density at radius 2 is 1.68 bits per heavy atom. The van der Waals surface area contributed by atoms with Crippen LogP contribution in [0.3, 0.4) is 0 Å². The number of halogens is 1. The van der Waals surface area contributed by atoms with Crippen molar-refractivity contribution in [1.82, 2.24) is 10.2 Å². The molecule has 1 aliphatic rings. The Morgan fingerprint density at radius 1 is 1.06 bits per heavy atom. The van der Waals surface area contributed by atoms with Gasteiger partial charge in [-0.05, 0) is 61.7 Å². The quantitative estimate of drug-likeness (QED) is 0.662. The molecule has 7 heteroatoms. The summed E-state index contributed by atoms with van der Waals surface area (Å²) in [7, 11) is 1.59. The van der Waals surface area contributed by atoms with Crippen molar-refractivity contribution in [2.75, 3.05) is 13.7 Å². The number of ether oxygens (including phenoxy) is 2. The number of methoxy groups -OCH3 is 1. The van der Waals surface area contributed by atoms with Crippen LogP contribution in [-0.4, -0.2) is 42.5 Å². The predicted octanol–water partition coefficient (Wildman–Crippen LogP) is 3.69. The SMILES string of the molecule is COc1ccc(CN(C(=O)COc2ccc(F)cc2)C(C)C(=O)NC2CCCC2)cc1. The number of benzene rings is 2. The van der Waals surface area contributed by atoms with Gasteiger partial charge in [0, 0.05) is 12.6 Å². The van der Waals surface area contributed by atoms with E-state index in [0.29, 0.717) is 11.5 Å². The Labute approximate surface area is 182 Å². The number of rotatable bonds is 9. The van der Waals surface area contributed by atoms with Crippen molar-refractivity contribution in [2.45, 2.75) is 51.2 Å². The summed E-state index contributed by atoms with van der Waals surface area (Å²) in [6, 6.07) is 12.3. The van der Waals surface area contributed by atoms with Crippen LogP contribution in [0.25, 0.3) is 0 Å². The molecule has 0 aliphatic heterocycles. The van der Waals surface area contributed by atoms with Crippen LogP contribution in [-0.2, 0) is 16.1 Å². The molecule has 2 aromatic carbocycles. The largest absolute Gasteiger partial charge is 0.497 e. The molecule has 3 rings (SSSR count). The highest BCUT2D eigenvalue weighted by Crippen LogP contribution is 2.19. The predicted molar refractivity (Wildman–Crippen MR) is 115 cm³/mol. The first-order valence-corrected chi connectivity index (χ1v) is 10.6. The van der Waals surface area contributed by atoms with Gasteiger partial charge in [-0.15, -0.1) is 0 Å². The van der Waals surface area contributed by atoms with Crippen LogP contribution in [0.2, 0.25) is 0 Å². The molecule has 1 N–H and O–H groups in total. The molecule has 1 fully saturated rings. The lowest BCUT2D eigenvalue weighted by atomic mass is 10.1. The van der Waals surface area contributed by atoms with Crippen LogP contribution < -0.4 is 14.8 Å². The first-order chi connectivity index (χ1) is 15.0. The van der Waals surface area contributed by atoms with Gasteiger partial charge in [-0.2, -0.15) is 0 Å². The van der Waals surface area contributed by atoms with E-state index in [0.717, 1.165) is 31.2 Å². The molecule has 0 heterocycles. The van der Waals surface area contributed by atoms with E-state index in [9.17, 15) is 14.0 Å². The lowest BCUT2D eigenvalue weighted by molar-refractivity contribution is -0.142. The minimum atomic E-state index is -0.660. The lowest BCUT2D eigenvalue weighted by Gasteiger charge is -2.29. The van der Waals surface area contributed by atoms with Crippen LogP contribution >= 0.6 is 0 Å². The third kappa shape index (κ3) is 6.44. The van der Waals surface area contributed by atoms with Crippen molar-refractivity contribution in [3.63, 3.8) is 0 Å². The maximum atomic E-state index is 13.1. The van der Waals surface area contributed by atoms with Crippen LogP contribution in [0, 0.1) is 5.82 Å². The van der Waals surface area contributed by atoms with E-state index < -0.39 is 6.04 Å². The van der Waals surface area contributed by atoms with Crippen LogP contribution in [0.5, 0.6) is 11.5 Å². The Balaban J connectivity index is 1.70. The zero-order valence-corrected chi connectivity index (χ0v) is 18.0. The van der Waals surface area contributed by atoms with E-state index in [1.807, 2.05) is 24.3 Å². The fourth-order valence-electron chi connectivity index (χ4n) is 3.66. The van der Waals surface area contributed by atoms with E-state index in [2.05, 4.69) is 5.32 Å². The fraction of sp³-hybridized carbons (Fsp3) is 0.417. The number of carbonyl (C=O) groups excluding carboxylic acids is 2. The van der Waals surface area contributed by atoms with E-state index in [1.54, 1.807) is 14.0 Å². The third-order valence-electron chi connectivity index (χ3n) is 5.56. The van der Waals surface area contributed by atoms with Gasteiger partial charge in [0.15, 0.2) is 6.61 Å². The molecule has 6 nitrogen and oxygen atoms in total. The molecule has 1 unspecified atom stereocenters. The molecule has 1 aliphatic carbocycles. The summed E-state index contributed by atoms with van der Waals surface area (Å²) in [5.41, 5.74) is 0.872. The van der Waals surface area contributed by atoms with Crippen LogP contribution in [0.4, 0.5) is 4.39 Å². The van der Waals surface area contributed by atoms with Gasteiger partial charge in [0.25, 0.3) is 5.91 Å². The second-order valence-corrected chi connectivity index (χ2v) is 7.78. The van der Waals surface area contributed by atoms with Gasteiger partial charge in [0.2, 0.25) is 5.91 Å². The molecule has 166 valence electrons. The highest BCUT2D eigenvalue weighted by Gasteiger charge is 2.28. The van der Waals surface area contributed by atoms with Crippen molar-refractivity contribution < 1.29 is 23.5 Å². The maximum absolute atomic E-state index is 13.1. The number of hydrogen-bond acceptors (Lipinski definition) is 4. The van der Waals surface area contributed by atoms with Crippen molar-refractivity contribution in [1.29, 1.82) is 0 Å². The van der Waals surface area contributed by atoms with Crippen molar-refractivity contribution in [3.05, 3.63) is 59.9 Å². The molecule has 1 atom stereocenters. The van der Waals surface area contributed by atoms with Gasteiger partial charge in [0.05, 0.1) is 7.11 Å². The van der Waals surface area contributed by atoms with Crippen molar-refractivity contribution in [3.8, 4) is 11.5 Å². The lowest BCUT2D eigenvalue weighted by Crippen LogP contribution is -2.50. The van der Waals surface area contributed by atoms with Crippen molar-refractivity contribution in [2.24, 2.45) is 0 Å². The Morgan fingerprint density at radius 3 is 2.29 bits per heavy atom. The molecule has 0 bridgehead atoms. The van der Waals surface area contributed by atoms with Gasteiger partial charge < -0.3 is 19.7 Å². The summed E-state index contributed by atoms with van der Waals surface area (Å²) in [6.07, 6.45) is 4.16. The smallest absolute Gasteiger partial charge is 0.261 e. The fourth-order valence-corrected chi connectivity index (χ4v) is 3.66. The van der Waals surface area contributed by atoms with Crippen LogP contribution in [0.15, 0.2) is 48.5 Å². The molecular weight excluding hydrogens is 399 g/mol. The number of hydrogen-bond donors (Lipinski definition) is 1. The molecular formula is C24H29FN2O4. The molecule has 0 radical (unpaired) electrons. The zero-order chi connectivity index (χ0) is 22.2. The Bertz CT molecular complexity index is 864. The van der Waals surface area contributed by atoms with Crippen molar-refractivity contribution >= 4 is 11.8 Å². The van der Waals surface area contributed by atoms with E-state index >= 15 is 0 Å². The van der Waals surface area contributed by atoms with E-state index in [1.165, 1.54) is 29.2 Å². The highest BCUT2D eigenvalue weighted by atomic mass is 19.1. The number of amides is 2. The van der Waals surface area contributed by atoms with Crippen LogP contribution in [0.1, 0.15) is 38.2 Å². The van der Waals surface area contributed by atoms with E-state index in [4.69, 9.17) is 9.47 Å². The molecule has 0 spiro atoms. The Kier molecular flexibility index (Phi) is 7.87. The first-order valence-electron chi connectivity index (χ1n) is 10.6. The molecule has 0 aromatic heterocycles. The summed E-state index contributed by atoms with van der Waals surface area (Å²) in [4.78, 5) is 27.4. The summed E-state index contributed by atoms with van der Waals surface area (Å²) in [6.45, 7) is 1.74. The normalized spacial score (nSPS) is 14.7. The highest BCUT2D eigenvalue weighted by molar-refractivity contribution is 5.88. The minimum absolute atomic E-state index is 0.170. The number of carbonyl (C=O) groups is 2. The summed E-state index contributed by atoms with van der Waals surface area (Å²) < 4.78 is 23.8. The zero-order valence-electron chi connectivity index (χ0n) is 18.0. The topological polar surface area (TPSA) is 67.9 Å². The second kappa shape index (κ2) is 10.8. The number of nitrogens with one attached hydrogen (secondary N) is 1. The number of nitrogens with zero attached hydrogens (tertiary/aromatic N) is 1. The van der Waals surface area contributed by atoms with E-state index in [-0.39, 0.29) is 36.8 Å². The molecule has 31 heavy (non-hydrogen) atoms. The molecule has 2 amide bonds. The molecule has 0 saturated heterocycles. The van der Waals surface area contributed by atoms with Gasteiger partial charge in [0.1, 0.15) is 23.4 Å². The van der Waals surface area contributed by atoms with Gasteiger partial charge in [-0.25, -0.2) is 4.39 Å². The first kappa shape index (κ1) is 22.6. The minimum Gasteiger partial charge on any atom is -0.497 e. The van der Waals surface area contributed by atoms with Gasteiger partial charge >= 0.3 is 0 Å². The van der Waals surface area contributed by atoms with Gasteiger partial charge in [-0.1, -0.05) is 25.0 Å². The summed E-state index contributed by atoms with van der Waals surface area (Å²) in [5.74, 6) is 0.234. The second-order valence-electron chi connectivity index (χ2n) is 7.78. The monoisotopic (exact) mass is 428 g/mol. The Hall–Kier alpha value is -3.09. The summed E-state index contributed by atoms with van der Waals surface area (Å²) >= 11 is 0.